The van der Waals surface area contributed by atoms with E-state index in [4.69, 9.17) is 10.5 Å². The Hall–Kier alpha value is -2.01. The molecule has 0 aliphatic carbocycles. The predicted molar refractivity (Wildman–Crippen MR) is 70.8 cm³/mol. The normalized spacial score (nSPS) is 16.6. The maximum absolute atomic E-state index is 11.4. The Labute approximate surface area is 110 Å². The predicted octanol–water partition coefficient (Wildman–Crippen LogP) is 1.62. The number of aromatic nitrogens is 2. The van der Waals surface area contributed by atoms with Crippen molar-refractivity contribution in [3.8, 4) is 0 Å². The number of nitrogens with two attached hydrogens (primary N) is 1. The Morgan fingerprint density at radius 3 is 2.68 bits per heavy atom. The van der Waals surface area contributed by atoms with Crippen LogP contribution in [0.25, 0.3) is 10.9 Å². The molecule has 0 bridgehead atoms. The van der Waals surface area contributed by atoms with E-state index in [0.717, 1.165) is 42.7 Å². The third-order valence-electron chi connectivity index (χ3n) is 3.46. The van der Waals surface area contributed by atoms with E-state index in [2.05, 4.69) is 9.97 Å². The van der Waals surface area contributed by atoms with Gasteiger partial charge >= 0.3 is 0 Å². The zero-order chi connectivity index (χ0) is 13.2. The van der Waals surface area contributed by atoms with E-state index >= 15 is 0 Å². The maximum atomic E-state index is 11.4. The molecule has 1 fully saturated rings. The Balaban J connectivity index is 2.16. The second-order valence-corrected chi connectivity index (χ2v) is 4.70. The fourth-order valence-corrected chi connectivity index (χ4v) is 2.49. The van der Waals surface area contributed by atoms with E-state index in [-0.39, 0.29) is 5.82 Å². The lowest BCUT2D eigenvalue weighted by molar-refractivity contribution is 0.0846. The number of carbonyl (C=O) groups is 1. The van der Waals surface area contributed by atoms with Crippen LogP contribution in [0.5, 0.6) is 0 Å². The first-order valence-electron chi connectivity index (χ1n) is 6.40. The van der Waals surface area contributed by atoms with Crippen LogP contribution in [-0.4, -0.2) is 29.1 Å². The van der Waals surface area contributed by atoms with E-state index in [1.54, 1.807) is 0 Å². The summed E-state index contributed by atoms with van der Waals surface area (Å²) in [5.74, 6) is -0.181. The molecule has 1 aromatic carbocycles. The van der Waals surface area contributed by atoms with E-state index in [0.29, 0.717) is 5.92 Å². The molecular formula is C14H15N3O2. The molecule has 0 saturated carbocycles. The van der Waals surface area contributed by atoms with E-state index < -0.39 is 5.91 Å². The molecule has 5 nitrogen and oxygen atoms in total. The Kier molecular flexibility index (Phi) is 3.13. The fourth-order valence-electron chi connectivity index (χ4n) is 2.49. The van der Waals surface area contributed by atoms with Crippen LogP contribution in [0, 0.1) is 0 Å². The number of hydrogen-bond donors (Lipinski definition) is 1. The van der Waals surface area contributed by atoms with Gasteiger partial charge in [0.1, 0.15) is 0 Å². The molecule has 3 rings (SSSR count). The summed E-state index contributed by atoms with van der Waals surface area (Å²) in [6.45, 7) is 1.46. The lowest BCUT2D eigenvalue weighted by Gasteiger charge is -2.22. The van der Waals surface area contributed by atoms with Crippen molar-refractivity contribution in [2.75, 3.05) is 13.2 Å². The second-order valence-electron chi connectivity index (χ2n) is 4.70. The van der Waals surface area contributed by atoms with Gasteiger partial charge in [-0.15, -0.1) is 0 Å². The van der Waals surface area contributed by atoms with Gasteiger partial charge in [-0.2, -0.15) is 0 Å². The first kappa shape index (κ1) is 12.0. The van der Waals surface area contributed by atoms with Crippen molar-refractivity contribution in [2.45, 2.75) is 18.8 Å². The second kappa shape index (κ2) is 4.93. The lowest BCUT2D eigenvalue weighted by atomic mass is 9.93. The minimum absolute atomic E-state index is 0.0974. The molecule has 5 heteroatoms. The fraction of sp³-hybridized carbons (Fsp3) is 0.357. The molecule has 1 aromatic heterocycles. The van der Waals surface area contributed by atoms with E-state index in [1.165, 1.54) is 0 Å². The van der Waals surface area contributed by atoms with Gasteiger partial charge in [0, 0.05) is 24.5 Å². The molecule has 1 aliphatic heterocycles. The van der Waals surface area contributed by atoms with Crippen molar-refractivity contribution in [3.05, 3.63) is 35.8 Å². The highest BCUT2D eigenvalue weighted by Crippen LogP contribution is 2.30. The number of hydrogen-bond acceptors (Lipinski definition) is 4. The average Bonchev–Trinajstić information content (AvgIpc) is 2.47. The quantitative estimate of drug-likeness (QED) is 0.886. The Morgan fingerprint density at radius 1 is 1.21 bits per heavy atom. The zero-order valence-electron chi connectivity index (χ0n) is 10.5. The van der Waals surface area contributed by atoms with Crippen molar-refractivity contribution < 1.29 is 9.53 Å². The molecule has 0 spiro atoms. The van der Waals surface area contributed by atoms with Crippen LogP contribution in [0.4, 0.5) is 0 Å². The molecule has 2 aromatic rings. The number of carbonyl (C=O) groups excluding carboxylic acids is 1. The maximum Gasteiger partial charge on any atom is 0.286 e. The van der Waals surface area contributed by atoms with Crippen LogP contribution in [0.15, 0.2) is 24.3 Å². The van der Waals surface area contributed by atoms with Gasteiger partial charge in [-0.25, -0.2) is 9.97 Å². The lowest BCUT2D eigenvalue weighted by Crippen LogP contribution is -2.20. The highest BCUT2D eigenvalue weighted by atomic mass is 16.5. The molecule has 0 radical (unpaired) electrons. The summed E-state index contributed by atoms with van der Waals surface area (Å²) in [4.78, 5) is 19.9. The standard InChI is InChI=1S/C14H15N3O2/c15-13(18)14-16-11-4-2-1-3-10(11)12(17-14)9-5-7-19-8-6-9/h1-4,9H,5-8H2,(H2,15,18). The van der Waals surface area contributed by atoms with Gasteiger partial charge in [-0.3, -0.25) is 4.79 Å². The molecule has 98 valence electrons. The molecule has 2 heterocycles. The zero-order valence-corrected chi connectivity index (χ0v) is 10.5. The van der Waals surface area contributed by atoms with Crippen molar-refractivity contribution >= 4 is 16.8 Å². The first-order chi connectivity index (χ1) is 9.25. The monoisotopic (exact) mass is 257 g/mol. The number of fused-ring (bicyclic) bond motifs is 1. The minimum atomic E-state index is -0.584. The first-order valence-corrected chi connectivity index (χ1v) is 6.40. The van der Waals surface area contributed by atoms with Gasteiger partial charge < -0.3 is 10.5 Å². The number of amides is 1. The Bertz CT molecular complexity index is 621. The van der Waals surface area contributed by atoms with Gasteiger partial charge in [0.15, 0.2) is 0 Å². The highest BCUT2D eigenvalue weighted by molar-refractivity contribution is 5.92. The number of primary amides is 1. The van der Waals surface area contributed by atoms with Crippen LogP contribution in [0.3, 0.4) is 0 Å². The Morgan fingerprint density at radius 2 is 1.95 bits per heavy atom. The number of benzene rings is 1. The summed E-state index contributed by atoms with van der Waals surface area (Å²) in [6, 6.07) is 7.73. The van der Waals surface area contributed by atoms with Crippen molar-refractivity contribution in [1.82, 2.24) is 9.97 Å². The molecule has 0 atom stereocenters. The summed E-state index contributed by atoms with van der Waals surface area (Å²) in [5.41, 5.74) is 7.00. The molecule has 0 unspecified atom stereocenters. The minimum Gasteiger partial charge on any atom is -0.381 e. The molecule has 19 heavy (non-hydrogen) atoms. The van der Waals surface area contributed by atoms with Gasteiger partial charge in [0.05, 0.1) is 11.2 Å². The van der Waals surface area contributed by atoms with Crippen LogP contribution in [0.1, 0.15) is 35.1 Å². The van der Waals surface area contributed by atoms with Gasteiger partial charge in [0.25, 0.3) is 5.91 Å². The van der Waals surface area contributed by atoms with Crippen LogP contribution in [0.2, 0.25) is 0 Å². The van der Waals surface area contributed by atoms with Gasteiger partial charge in [-0.1, -0.05) is 18.2 Å². The van der Waals surface area contributed by atoms with Crippen molar-refractivity contribution in [3.63, 3.8) is 0 Å². The summed E-state index contributed by atoms with van der Waals surface area (Å²) < 4.78 is 5.38. The average molecular weight is 257 g/mol. The van der Waals surface area contributed by atoms with Crippen LogP contribution in [-0.2, 0) is 4.74 Å². The molecule has 1 amide bonds. The summed E-state index contributed by atoms with van der Waals surface area (Å²) >= 11 is 0. The van der Waals surface area contributed by atoms with Crippen LogP contribution < -0.4 is 5.73 Å². The topological polar surface area (TPSA) is 78.1 Å². The highest BCUT2D eigenvalue weighted by Gasteiger charge is 2.21. The molecule has 2 N–H and O–H groups in total. The summed E-state index contributed by atoms with van der Waals surface area (Å²) in [7, 11) is 0. The molecule has 1 saturated heterocycles. The van der Waals surface area contributed by atoms with Gasteiger partial charge in [0.2, 0.25) is 5.82 Å². The number of nitrogens with zero attached hydrogens (tertiary/aromatic N) is 2. The largest absolute Gasteiger partial charge is 0.381 e. The third kappa shape index (κ3) is 2.29. The number of rotatable bonds is 2. The molecular weight excluding hydrogens is 242 g/mol. The SMILES string of the molecule is NC(=O)c1nc(C2CCOCC2)c2ccccc2n1. The van der Waals surface area contributed by atoms with E-state index in [1.807, 2.05) is 24.3 Å². The van der Waals surface area contributed by atoms with Gasteiger partial charge in [-0.05, 0) is 18.9 Å². The van der Waals surface area contributed by atoms with Crippen LogP contribution >= 0.6 is 0 Å². The summed E-state index contributed by atoms with van der Waals surface area (Å²) in [6.07, 6.45) is 1.83. The summed E-state index contributed by atoms with van der Waals surface area (Å²) in [5, 5.41) is 0.999. The van der Waals surface area contributed by atoms with Crippen molar-refractivity contribution in [1.29, 1.82) is 0 Å². The number of ether oxygens (including phenoxy) is 1. The smallest absolute Gasteiger partial charge is 0.286 e. The third-order valence-corrected chi connectivity index (χ3v) is 3.46. The number of para-hydroxylation sites is 1. The van der Waals surface area contributed by atoms with E-state index in [9.17, 15) is 4.79 Å². The van der Waals surface area contributed by atoms with Crippen molar-refractivity contribution in [2.24, 2.45) is 5.73 Å². The molecule has 1 aliphatic rings.